The van der Waals surface area contributed by atoms with E-state index in [1.165, 1.54) is 18.2 Å². The predicted octanol–water partition coefficient (Wildman–Crippen LogP) is 1.42. The Morgan fingerprint density at radius 3 is 2.94 bits per heavy atom. The van der Waals surface area contributed by atoms with Crippen LogP contribution < -0.4 is 10.2 Å². The molecule has 2 N–H and O–H groups in total. The summed E-state index contributed by atoms with van der Waals surface area (Å²) in [6.07, 6.45) is 4.55. The van der Waals surface area contributed by atoms with Crippen molar-refractivity contribution in [3.05, 3.63) is 42.2 Å². The molecule has 0 spiro atoms. The number of nitrogens with zero attached hydrogens (tertiary/aromatic N) is 2. The minimum atomic E-state index is -0.609. The summed E-state index contributed by atoms with van der Waals surface area (Å²) < 4.78 is 0. The van der Waals surface area contributed by atoms with Gasteiger partial charge in [0.2, 0.25) is 0 Å². The van der Waals surface area contributed by atoms with Gasteiger partial charge in [-0.1, -0.05) is 17.9 Å². The number of benzene rings is 1. The third-order valence-corrected chi connectivity index (χ3v) is 2.78. The van der Waals surface area contributed by atoms with Crippen molar-refractivity contribution in [3.63, 3.8) is 0 Å². The van der Waals surface area contributed by atoms with Gasteiger partial charge < -0.3 is 10.2 Å². The lowest BCUT2D eigenvalue weighted by Gasteiger charge is -2.34. The minimum absolute atomic E-state index is 0.0415. The molecule has 1 aliphatic carbocycles. The number of anilines is 1. The second kappa shape index (κ2) is 3.36. The molecule has 3 rings (SSSR count). The van der Waals surface area contributed by atoms with E-state index in [1.807, 2.05) is 0 Å². The highest BCUT2D eigenvalue weighted by molar-refractivity contribution is 6.08. The number of fused-ring (bicyclic) bond motifs is 2. The fraction of sp³-hybridized carbons (Fsp3) is 0.0833. The van der Waals surface area contributed by atoms with E-state index in [9.17, 15) is 15.4 Å². The van der Waals surface area contributed by atoms with E-state index in [4.69, 9.17) is 0 Å². The first-order valence-electron chi connectivity index (χ1n) is 5.12. The Labute approximate surface area is 97.2 Å². The average Bonchev–Trinajstić information content (AvgIpc) is 2.30. The number of para-hydroxylation sites is 1. The highest BCUT2D eigenvalue weighted by Gasteiger charge is 2.28. The summed E-state index contributed by atoms with van der Waals surface area (Å²) in [4.78, 5) is 4.29. The largest absolute Gasteiger partial charge is 0.871 e. The van der Waals surface area contributed by atoms with Crippen molar-refractivity contribution in [3.8, 4) is 5.75 Å². The first-order valence-corrected chi connectivity index (χ1v) is 5.12. The minimum Gasteiger partial charge on any atom is -0.871 e. The van der Waals surface area contributed by atoms with Crippen LogP contribution in [0.1, 0.15) is 0 Å². The van der Waals surface area contributed by atoms with Crippen LogP contribution in [0.4, 0.5) is 11.4 Å². The molecule has 0 bridgehead atoms. The molecule has 5 heteroatoms. The van der Waals surface area contributed by atoms with Gasteiger partial charge in [0.1, 0.15) is 11.8 Å². The maximum atomic E-state index is 11.7. The standard InChI is InChI=1S/C12H10N2O3/c15-7-4-5-8-10(6-7)14(17)12-9(13-8)2-1-3-11(12)16/h1-6,10,15-17H/p-1. The van der Waals surface area contributed by atoms with E-state index in [2.05, 4.69) is 4.99 Å². The molecule has 0 radical (unpaired) electrons. The number of hydroxylamine groups is 1. The summed E-state index contributed by atoms with van der Waals surface area (Å²) in [6.45, 7) is 0. The molecule has 86 valence electrons. The number of hydrogen-bond donors (Lipinski definition) is 2. The maximum Gasteiger partial charge on any atom is 0.120 e. The van der Waals surface area contributed by atoms with Crippen LogP contribution in [0.2, 0.25) is 0 Å². The van der Waals surface area contributed by atoms with Gasteiger partial charge in [0.05, 0.1) is 17.1 Å². The second-order valence-electron chi connectivity index (χ2n) is 3.87. The molecule has 1 heterocycles. The van der Waals surface area contributed by atoms with Crippen LogP contribution in [-0.4, -0.2) is 22.1 Å². The lowest BCUT2D eigenvalue weighted by Crippen LogP contribution is -2.40. The molecule has 0 saturated heterocycles. The van der Waals surface area contributed by atoms with Gasteiger partial charge in [-0.3, -0.25) is 5.21 Å². The third-order valence-electron chi connectivity index (χ3n) is 2.78. The maximum absolute atomic E-state index is 11.7. The SMILES string of the molecule is [O-]c1cccc2c1N(O)C1C=C(O)C=CC1=N2. The Morgan fingerprint density at radius 1 is 1.29 bits per heavy atom. The van der Waals surface area contributed by atoms with E-state index in [-0.39, 0.29) is 17.2 Å². The molecule has 0 fully saturated rings. The molecule has 0 saturated carbocycles. The third kappa shape index (κ3) is 1.40. The van der Waals surface area contributed by atoms with Crippen molar-refractivity contribution >= 4 is 17.1 Å². The van der Waals surface area contributed by atoms with E-state index in [1.54, 1.807) is 18.2 Å². The summed E-state index contributed by atoms with van der Waals surface area (Å²) in [5, 5.41) is 31.9. The van der Waals surface area contributed by atoms with Crippen molar-refractivity contribution in [1.82, 2.24) is 0 Å². The van der Waals surface area contributed by atoms with Crippen molar-refractivity contribution in [2.75, 3.05) is 5.06 Å². The van der Waals surface area contributed by atoms with Gasteiger partial charge in [-0.15, -0.1) is 0 Å². The molecule has 5 nitrogen and oxygen atoms in total. The number of rotatable bonds is 0. The van der Waals surface area contributed by atoms with Gasteiger partial charge >= 0.3 is 0 Å². The first kappa shape index (κ1) is 9.92. The van der Waals surface area contributed by atoms with Gasteiger partial charge in [0, 0.05) is 0 Å². The molecular weight excluding hydrogens is 220 g/mol. The second-order valence-corrected chi connectivity index (χ2v) is 3.87. The molecule has 0 aromatic heterocycles. The Morgan fingerprint density at radius 2 is 2.12 bits per heavy atom. The molecule has 1 aliphatic heterocycles. The zero-order valence-corrected chi connectivity index (χ0v) is 8.74. The van der Waals surface area contributed by atoms with Gasteiger partial charge in [-0.05, 0) is 24.3 Å². The monoisotopic (exact) mass is 229 g/mol. The van der Waals surface area contributed by atoms with Crippen LogP contribution in [0.3, 0.4) is 0 Å². The highest BCUT2D eigenvalue weighted by Crippen LogP contribution is 2.40. The smallest absolute Gasteiger partial charge is 0.120 e. The fourth-order valence-corrected chi connectivity index (χ4v) is 1.98. The van der Waals surface area contributed by atoms with Crippen molar-refractivity contribution < 1.29 is 15.4 Å². The van der Waals surface area contributed by atoms with Gasteiger partial charge in [-0.2, -0.15) is 0 Å². The Balaban J connectivity index is 2.20. The van der Waals surface area contributed by atoms with Crippen LogP contribution in [0, 0.1) is 0 Å². The van der Waals surface area contributed by atoms with Crippen LogP contribution in [0.5, 0.6) is 5.75 Å². The van der Waals surface area contributed by atoms with Crippen LogP contribution >= 0.6 is 0 Å². The van der Waals surface area contributed by atoms with E-state index >= 15 is 0 Å². The summed E-state index contributed by atoms with van der Waals surface area (Å²) in [7, 11) is 0. The van der Waals surface area contributed by atoms with E-state index in [0.717, 1.165) is 5.06 Å². The normalized spacial score (nSPS) is 21.5. The van der Waals surface area contributed by atoms with Gasteiger partial charge in [0.25, 0.3) is 0 Å². The van der Waals surface area contributed by atoms with Crippen molar-refractivity contribution in [1.29, 1.82) is 0 Å². The molecule has 1 unspecified atom stereocenters. The zero-order chi connectivity index (χ0) is 12.0. The zero-order valence-electron chi connectivity index (χ0n) is 8.74. The number of hydrogen-bond acceptors (Lipinski definition) is 5. The van der Waals surface area contributed by atoms with Gasteiger partial charge in [-0.25, -0.2) is 10.1 Å². The summed E-state index contributed by atoms with van der Waals surface area (Å²) >= 11 is 0. The van der Waals surface area contributed by atoms with E-state index in [0.29, 0.717) is 11.4 Å². The molecule has 0 amide bonds. The van der Waals surface area contributed by atoms with Gasteiger partial charge in [0.15, 0.2) is 0 Å². The Hall–Kier alpha value is -2.27. The average molecular weight is 229 g/mol. The van der Waals surface area contributed by atoms with E-state index < -0.39 is 6.04 Å². The number of aliphatic imine (C=N–C) groups is 1. The summed E-state index contributed by atoms with van der Waals surface area (Å²) in [6, 6.07) is 4.02. The quantitative estimate of drug-likeness (QED) is 0.705. The molecule has 2 aliphatic rings. The summed E-state index contributed by atoms with van der Waals surface area (Å²) in [5.74, 6) is -0.255. The molecule has 1 aromatic carbocycles. The van der Waals surface area contributed by atoms with Crippen molar-refractivity contribution in [2.45, 2.75) is 6.04 Å². The van der Waals surface area contributed by atoms with Crippen LogP contribution in [-0.2, 0) is 0 Å². The lowest BCUT2D eigenvalue weighted by atomic mass is 10.0. The number of allylic oxidation sites excluding steroid dienone is 1. The highest BCUT2D eigenvalue weighted by atomic mass is 16.5. The number of aliphatic hydroxyl groups is 1. The number of aliphatic hydroxyl groups excluding tert-OH is 1. The molecule has 1 aromatic rings. The predicted molar refractivity (Wildman–Crippen MR) is 60.9 cm³/mol. The molecule has 1 atom stereocenters. The lowest BCUT2D eigenvalue weighted by molar-refractivity contribution is -0.267. The Kier molecular flexibility index (Phi) is 1.96. The fourth-order valence-electron chi connectivity index (χ4n) is 1.98. The summed E-state index contributed by atoms with van der Waals surface area (Å²) in [5.41, 5.74) is 1.16. The first-order chi connectivity index (χ1) is 8.16. The van der Waals surface area contributed by atoms with Crippen LogP contribution in [0.25, 0.3) is 0 Å². The van der Waals surface area contributed by atoms with Crippen molar-refractivity contribution in [2.24, 2.45) is 4.99 Å². The molecular formula is C12H9N2O3-. The molecule has 17 heavy (non-hydrogen) atoms. The van der Waals surface area contributed by atoms with Crippen LogP contribution in [0.15, 0.2) is 47.2 Å². The Bertz CT molecular complexity index is 575. The topological polar surface area (TPSA) is 79.1 Å².